The smallest absolute Gasteiger partial charge is 0.211 e. The van der Waals surface area contributed by atoms with Crippen LogP contribution >= 0.6 is 0 Å². The monoisotopic (exact) mass is 492 g/mol. The van der Waals surface area contributed by atoms with Crippen LogP contribution in [0.5, 0.6) is 5.88 Å². The summed E-state index contributed by atoms with van der Waals surface area (Å²) in [5.41, 5.74) is 4.53. The zero-order valence-electron chi connectivity index (χ0n) is 22.0. The number of benzene rings is 1. The summed E-state index contributed by atoms with van der Waals surface area (Å²) in [6, 6.07) is 11.3. The summed E-state index contributed by atoms with van der Waals surface area (Å²) < 4.78 is 22.6. The molecule has 0 saturated carbocycles. The number of halogens is 1. The lowest BCUT2D eigenvalue weighted by molar-refractivity contribution is -0.117. The van der Waals surface area contributed by atoms with Gasteiger partial charge in [-0.3, -0.25) is 0 Å². The minimum Gasteiger partial charge on any atom is -0.477 e. The summed E-state index contributed by atoms with van der Waals surface area (Å²) >= 11 is 0. The molecule has 4 rings (SSSR count). The van der Waals surface area contributed by atoms with E-state index in [1.165, 1.54) is 11.6 Å². The van der Waals surface area contributed by atoms with Crippen LogP contribution in [-0.4, -0.2) is 33.7 Å². The number of pyridine rings is 1. The third-order valence-electron chi connectivity index (χ3n) is 6.74. The van der Waals surface area contributed by atoms with Crippen molar-refractivity contribution in [1.29, 1.82) is 0 Å². The van der Waals surface area contributed by atoms with Crippen molar-refractivity contribution < 1.29 is 13.9 Å². The molecule has 2 aromatic heterocycles. The van der Waals surface area contributed by atoms with Gasteiger partial charge in [-0.25, -0.2) is 14.1 Å². The van der Waals surface area contributed by atoms with Gasteiger partial charge in [-0.2, -0.15) is 5.10 Å². The summed E-state index contributed by atoms with van der Waals surface area (Å²) in [5, 5.41) is 7.97. The number of aromatic nitrogens is 3. The van der Waals surface area contributed by atoms with E-state index < -0.39 is 0 Å². The fraction of sp³-hybridized carbons (Fsp3) is 0.483. The highest BCUT2D eigenvalue weighted by molar-refractivity contribution is 5.76. The van der Waals surface area contributed by atoms with Crippen LogP contribution in [-0.2, 0) is 36.5 Å². The Morgan fingerprint density at radius 2 is 2.00 bits per heavy atom. The van der Waals surface area contributed by atoms with E-state index in [1.807, 2.05) is 25.2 Å². The Labute approximate surface area is 213 Å². The first kappa shape index (κ1) is 25.9. The van der Waals surface area contributed by atoms with E-state index in [0.29, 0.717) is 30.9 Å². The number of rotatable bonds is 9. The zero-order valence-corrected chi connectivity index (χ0v) is 22.0. The largest absolute Gasteiger partial charge is 0.477 e. The van der Waals surface area contributed by atoms with Crippen LogP contribution in [0.3, 0.4) is 0 Å². The fourth-order valence-electron chi connectivity index (χ4n) is 4.72. The Hall–Kier alpha value is -3.22. The Morgan fingerprint density at radius 1 is 1.19 bits per heavy atom. The third kappa shape index (κ3) is 6.31. The Bertz CT molecular complexity index is 1230. The molecule has 1 aromatic carbocycles. The molecule has 36 heavy (non-hydrogen) atoms. The lowest BCUT2D eigenvalue weighted by Crippen LogP contribution is -2.15. The van der Waals surface area contributed by atoms with Gasteiger partial charge in [0.05, 0.1) is 12.3 Å². The van der Waals surface area contributed by atoms with Crippen molar-refractivity contribution in [1.82, 2.24) is 14.8 Å². The zero-order chi connectivity index (χ0) is 25.9. The molecule has 7 heteroatoms. The number of fused-ring (bicyclic) bond motifs is 1. The number of ketones is 1. The fourth-order valence-corrected chi connectivity index (χ4v) is 4.72. The lowest BCUT2D eigenvalue weighted by Gasteiger charge is -2.23. The summed E-state index contributed by atoms with van der Waals surface area (Å²) in [6.07, 6.45) is 3.61. The summed E-state index contributed by atoms with van der Waals surface area (Å²) in [6.45, 7) is 9.29. The van der Waals surface area contributed by atoms with Gasteiger partial charge in [0.25, 0.3) is 0 Å². The maximum atomic E-state index is 14.9. The molecule has 1 aliphatic rings. The van der Waals surface area contributed by atoms with Crippen molar-refractivity contribution >= 4 is 11.6 Å². The Balaban J connectivity index is 1.45. The first-order valence-electron chi connectivity index (χ1n) is 12.8. The van der Waals surface area contributed by atoms with Gasteiger partial charge < -0.3 is 14.8 Å². The van der Waals surface area contributed by atoms with Gasteiger partial charge >= 0.3 is 0 Å². The molecule has 0 aliphatic carbocycles. The number of carbonyl (C=O) groups excluding carboxylic acids is 1. The van der Waals surface area contributed by atoms with Crippen molar-refractivity contribution in [2.24, 2.45) is 7.05 Å². The van der Waals surface area contributed by atoms with Gasteiger partial charge in [-0.1, -0.05) is 39.0 Å². The van der Waals surface area contributed by atoms with Crippen LogP contribution in [0.25, 0.3) is 0 Å². The standard InChI is InChI=1S/C29H37FN4O2/c1-19(35)15-21(25-17-22(29(2,3)4)9-11-26(25)30)16-24-18-27(34(5)33-24)36-14-12-23-10-8-20-7-6-13-31-28(20)32-23/h8-11,17-18,21H,6-7,12-16H2,1-5H3,(H,31,32). The summed E-state index contributed by atoms with van der Waals surface area (Å²) in [5.74, 6) is 1.08. The first-order chi connectivity index (χ1) is 17.1. The first-order valence-corrected chi connectivity index (χ1v) is 12.8. The van der Waals surface area contributed by atoms with E-state index in [0.717, 1.165) is 42.2 Å². The highest BCUT2D eigenvalue weighted by Gasteiger charge is 2.23. The number of aryl methyl sites for hydroxylation is 2. The SMILES string of the molecule is CC(=O)CC(Cc1cc(OCCc2ccc3c(n2)NCCC3)n(C)n1)c1cc(C(C)(C)C)ccc1F. The number of anilines is 1. The summed E-state index contributed by atoms with van der Waals surface area (Å²) in [7, 11) is 1.83. The number of carbonyl (C=O) groups is 1. The predicted octanol–water partition coefficient (Wildman–Crippen LogP) is 5.54. The van der Waals surface area contributed by atoms with Crippen LogP contribution in [0.1, 0.15) is 74.5 Å². The molecule has 1 aliphatic heterocycles. The molecule has 0 bridgehead atoms. The van der Waals surface area contributed by atoms with Gasteiger partial charge in [0.1, 0.15) is 17.4 Å². The molecule has 1 unspecified atom stereocenters. The average molecular weight is 493 g/mol. The van der Waals surface area contributed by atoms with E-state index in [9.17, 15) is 9.18 Å². The van der Waals surface area contributed by atoms with Crippen molar-refractivity contribution in [2.45, 2.75) is 71.1 Å². The van der Waals surface area contributed by atoms with Gasteiger partial charge in [-0.15, -0.1) is 0 Å². The van der Waals surface area contributed by atoms with Crippen molar-refractivity contribution in [2.75, 3.05) is 18.5 Å². The number of ether oxygens (including phenoxy) is 1. The normalized spacial score (nSPS) is 14.2. The molecular weight excluding hydrogens is 455 g/mol. The second kappa shape index (κ2) is 10.8. The second-order valence-electron chi connectivity index (χ2n) is 10.8. The molecule has 0 radical (unpaired) electrons. The van der Waals surface area contributed by atoms with E-state index in [-0.39, 0.29) is 29.4 Å². The van der Waals surface area contributed by atoms with Crippen LogP contribution in [0.4, 0.5) is 10.2 Å². The highest BCUT2D eigenvalue weighted by Crippen LogP contribution is 2.32. The maximum absolute atomic E-state index is 14.9. The van der Waals surface area contributed by atoms with Crippen LogP contribution < -0.4 is 10.1 Å². The van der Waals surface area contributed by atoms with Gasteiger partial charge in [0.15, 0.2) is 0 Å². The molecule has 0 spiro atoms. The van der Waals surface area contributed by atoms with E-state index in [1.54, 1.807) is 11.6 Å². The minimum absolute atomic E-state index is 0.0278. The van der Waals surface area contributed by atoms with E-state index in [4.69, 9.17) is 9.72 Å². The summed E-state index contributed by atoms with van der Waals surface area (Å²) in [4.78, 5) is 16.8. The number of nitrogens with zero attached hydrogens (tertiary/aromatic N) is 3. The van der Waals surface area contributed by atoms with E-state index >= 15 is 0 Å². The highest BCUT2D eigenvalue weighted by atomic mass is 19.1. The molecule has 0 saturated heterocycles. The number of nitrogens with one attached hydrogen (secondary N) is 1. The molecule has 1 N–H and O–H groups in total. The van der Waals surface area contributed by atoms with E-state index in [2.05, 4.69) is 43.3 Å². The molecular formula is C29H37FN4O2. The average Bonchev–Trinajstić information content (AvgIpc) is 3.16. The van der Waals surface area contributed by atoms with Gasteiger partial charge in [0.2, 0.25) is 5.88 Å². The molecule has 192 valence electrons. The van der Waals surface area contributed by atoms with Crippen LogP contribution in [0, 0.1) is 5.82 Å². The van der Waals surface area contributed by atoms with Gasteiger partial charge in [0, 0.05) is 38.2 Å². The van der Waals surface area contributed by atoms with Crippen molar-refractivity contribution in [3.8, 4) is 5.88 Å². The second-order valence-corrected chi connectivity index (χ2v) is 10.8. The quantitative estimate of drug-likeness (QED) is 0.425. The molecule has 0 fully saturated rings. The molecule has 3 aromatic rings. The molecule has 3 heterocycles. The molecule has 0 amide bonds. The predicted molar refractivity (Wildman–Crippen MR) is 140 cm³/mol. The van der Waals surface area contributed by atoms with Crippen LogP contribution in [0.15, 0.2) is 36.4 Å². The number of hydrogen-bond donors (Lipinski definition) is 1. The minimum atomic E-state index is -0.292. The lowest BCUT2D eigenvalue weighted by atomic mass is 9.82. The Morgan fingerprint density at radius 3 is 2.75 bits per heavy atom. The van der Waals surface area contributed by atoms with Crippen molar-refractivity contribution in [3.63, 3.8) is 0 Å². The van der Waals surface area contributed by atoms with Crippen molar-refractivity contribution in [3.05, 3.63) is 70.3 Å². The number of Topliss-reactive ketones (excluding diaryl/α,β-unsaturated/α-hetero) is 1. The number of hydrogen-bond acceptors (Lipinski definition) is 5. The maximum Gasteiger partial charge on any atom is 0.211 e. The third-order valence-corrected chi connectivity index (χ3v) is 6.74. The Kier molecular flexibility index (Phi) is 7.76. The molecule has 1 atom stereocenters. The topological polar surface area (TPSA) is 69.0 Å². The van der Waals surface area contributed by atoms with Gasteiger partial charge in [-0.05, 0) is 66.3 Å². The van der Waals surface area contributed by atoms with Crippen LogP contribution in [0.2, 0.25) is 0 Å². The molecule has 6 nitrogen and oxygen atoms in total.